The molecule has 0 aromatic rings. The molecule has 1 N–H and O–H groups in total. The number of rotatable bonds is 5. The predicted octanol–water partition coefficient (Wildman–Crippen LogP) is 2.31. The van der Waals surface area contributed by atoms with E-state index in [1.165, 1.54) is 5.06 Å². The molecule has 0 amide bonds. The van der Waals surface area contributed by atoms with Crippen LogP contribution in [0.5, 0.6) is 0 Å². The molecule has 0 aromatic heterocycles. The molecular weight excluding hydrogens is 216 g/mol. The summed E-state index contributed by atoms with van der Waals surface area (Å²) in [6.07, 6.45) is 0. The van der Waals surface area contributed by atoms with E-state index in [0.717, 1.165) is 0 Å². The molecule has 0 aliphatic heterocycles. The van der Waals surface area contributed by atoms with Gasteiger partial charge in [0, 0.05) is 12.1 Å². The summed E-state index contributed by atoms with van der Waals surface area (Å²) in [7, 11) is -4.15. The molecule has 0 aliphatic rings. The van der Waals surface area contributed by atoms with Gasteiger partial charge < -0.3 is 4.89 Å². The fourth-order valence-corrected chi connectivity index (χ4v) is 1.63. The van der Waals surface area contributed by atoms with E-state index in [4.69, 9.17) is 21.4 Å². The Morgan fingerprint density at radius 1 is 1.31 bits per heavy atom. The van der Waals surface area contributed by atoms with Crippen LogP contribution < -0.4 is 0 Å². The zero-order valence-electron chi connectivity index (χ0n) is 8.10. The van der Waals surface area contributed by atoms with Crippen LogP contribution in [-0.4, -0.2) is 22.0 Å². The number of nitrogens with zero attached hydrogens (tertiary/aromatic N) is 1. The van der Waals surface area contributed by atoms with Gasteiger partial charge in [0.25, 0.3) is 0 Å². The number of hydrogen-bond donors (Lipinski definition) is 1. The van der Waals surface area contributed by atoms with Crippen molar-refractivity contribution in [3.8, 4) is 0 Å². The van der Waals surface area contributed by atoms with E-state index in [9.17, 15) is 4.57 Å². The summed E-state index contributed by atoms with van der Waals surface area (Å²) in [5.41, 5.74) is 0. The molecule has 1 atom stereocenters. The minimum absolute atomic E-state index is 0.0349. The lowest BCUT2D eigenvalue weighted by atomic mass is 10.3. The summed E-state index contributed by atoms with van der Waals surface area (Å²) in [5.74, 6) is 0. The van der Waals surface area contributed by atoms with Crippen molar-refractivity contribution in [2.24, 2.45) is 0 Å². The Balaban J connectivity index is 4.35. The van der Waals surface area contributed by atoms with Gasteiger partial charge >= 0.3 is 7.82 Å². The normalized spacial score (nSPS) is 17.0. The summed E-state index contributed by atoms with van der Waals surface area (Å²) in [6, 6.07) is -0.0698. The quantitative estimate of drug-likeness (QED) is 0.581. The van der Waals surface area contributed by atoms with Gasteiger partial charge in [-0.05, 0) is 27.7 Å². The molecule has 0 bridgehead atoms. The van der Waals surface area contributed by atoms with Gasteiger partial charge in [-0.25, -0.2) is 4.57 Å². The van der Waals surface area contributed by atoms with Crippen molar-refractivity contribution in [2.75, 3.05) is 0 Å². The molecule has 0 heterocycles. The van der Waals surface area contributed by atoms with Gasteiger partial charge in [-0.15, -0.1) is 0 Å². The Bertz CT molecular complexity index is 191. The molecule has 7 heteroatoms. The van der Waals surface area contributed by atoms with Gasteiger partial charge in [-0.1, -0.05) is 0 Å². The highest BCUT2D eigenvalue weighted by molar-refractivity contribution is 7.48. The lowest BCUT2D eigenvalue weighted by Crippen LogP contribution is -2.36. The Morgan fingerprint density at radius 2 is 1.69 bits per heavy atom. The zero-order chi connectivity index (χ0) is 10.6. The van der Waals surface area contributed by atoms with E-state index in [0.29, 0.717) is 0 Å². The van der Waals surface area contributed by atoms with Crippen LogP contribution in [0.2, 0.25) is 0 Å². The molecule has 0 saturated carbocycles. The van der Waals surface area contributed by atoms with Gasteiger partial charge in [0.1, 0.15) is 0 Å². The van der Waals surface area contributed by atoms with Crippen molar-refractivity contribution in [3.63, 3.8) is 0 Å². The highest BCUT2D eigenvalue weighted by atomic mass is 35.5. The van der Waals surface area contributed by atoms with Crippen molar-refractivity contribution in [3.05, 3.63) is 0 Å². The van der Waals surface area contributed by atoms with E-state index in [1.807, 2.05) is 27.7 Å². The van der Waals surface area contributed by atoms with E-state index in [1.54, 1.807) is 0 Å². The van der Waals surface area contributed by atoms with Gasteiger partial charge in [0.05, 0.1) is 11.9 Å². The van der Waals surface area contributed by atoms with Crippen LogP contribution in [0.3, 0.4) is 0 Å². The fraction of sp³-hybridized carbons (Fsp3) is 1.00. The van der Waals surface area contributed by atoms with Crippen molar-refractivity contribution >= 4 is 19.7 Å². The second-order valence-corrected chi connectivity index (χ2v) is 4.82. The molecule has 0 aliphatic carbocycles. The smallest absolute Gasteiger partial charge is 0.301 e. The summed E-state index contributed by atoms with van der Waals surface area (Å²) < 4.78 is 19.4. The second-order valence-electron chi connectivity index (χ2n) is 3.17. The van der Waals surface area contributed by atoms with E-state index in [2.05, 4.69) is 4.08 Å². The van der Waals surface area contributed by atoms with Gasteiger partial charge in [-0.3, -0.25) is 0 Å². The van der Waals surface area contributed by atoms with Crippen LogP contribution in [0.4, 0.5) is 0 Å². The van der Waals surface area contributed by atoms with Crippen LogP contribution in [0, 0.1) is 0 Å². The number of phosphoric acid groups is 1. The molecule has 13 heavy (non-hydrogen) atoms. The van der Waals surface area contributed by atoms with E-state index in [-0.39, 0.29) is 12.1 Å². The largest absolute Gasteiger partial charge is 0.505 e. The Kier molecular flexibility index (Phi) is 5.44. The number of halogens is 1. The lowest BCUT2D eigenvalue weighted by Gasteiger charge is -2.29. The summed E-state index contributed by atoms with van der Waals surface area (Å²) in [4.78, 5) is 8.93. The minimum Gasteiger partial charge on any atom is -0.301 e. The van der Waals surface area contributed by atoms with Crippen LogP contribution in [0.15, 0.2) is 0 Å². The van der Waals surface area contributed by atoms with E-state index >= 15 is 0 Å². The maximum absolute atomic E-state index is 10.9. The van der Waals surface area contributed by atoms with Crippen LogP contribution >= 0.6 is 19.7 Å². The average Bonchev–Trinajstić information content (AvgIpc) is 1.99. The Morgan fingerprint density at radius 3 is 1.92 bits per heavy atom. The highest BCUT2D eigenvalue weighted by Gasteiger charge is 2.28. The third-order valence-corrected chi connectivity index (χ3v) is 2.40. The van der Waals surface area contributed by atoms with Gasteiger partial charge in [0.15, 0.2) is 0 Å². The molecule has 1 unspecified atom stereocenters. The summed E-state index contributed by atoms with van der Waals surface area (Å²) in [6.45, 7) is 7.31. The molecule has 0 saturated heterocycles. The van der Waals surface area contributed by atoms with Crippen LogP contribution in [0.1, 0.15) is 27.7 Å². The van der Waals surface area contributed by atoms with Gasteiger partial charge in [-0.2, -0.15) is 13.8 Å². The van der Waals surface area contributed by atoms with Crippen molar-refractivity contribution in [1.29, 1.82) is 0 Å². The fourth-order valence-electron chi connectivity index (χ4n) is 0.917. The lowest BCUT2D eigenvalue weighted by molar-refractivity contribution is -0.127. The van der Waals surface area contributed by atoms with E-state index < -0.39 is 7.82 Å². The van der Waals surface area contributed by atoms with Crippen molar-refractivity contribution in [2.45, 2.75) is 39.8 Å². The standard InChI is InChI=1S/C6H15ClNO4P/c1-5(2)8(6(3)4)12-13(9,10)11-7/h5-6H,1-4H3,(H,9,10). The molecule has 0 spiro atoms. The molecule has 5 nitrogen and oxygen atoms in total. The first-order valence-electron chi connectivity index (χ1n) is 3.91. The van der Waals surface area contributed by atoms with Crippen molar-refractivity contribution in [1.82, 2.24) is 5.06 Å². The molecule has 0 rings (SSSR count). The monoisotopic (exact) mass is 231 g/mol. The predicted molar refractivity (Wildman–Crippen MR) is 50.0 cm³/mol. The minimum atomic E-state index is -4.15. The number of hydroxylamine groups is 2. The third-order valence-electron chi connectivity index (χ3n) is 1.30. The average molecular weight is 232 g/mol. The topological polar surface area (TPSA) is 59.0 Å². The molecule has 0 radical (unpaired) electrons. The Hall–Kier alpha value is 0.360. The molecular formula is C6H15ClNO4P. The summed E-state index contributed by atoms with van der Waals surface area (Å²) >= 11 is 4.78. The maximum atomic E-state index is 10.9. The van der Waals surface area contributed by atoms with Gasteiger partial charge in [0.2, 0.25) is 0 Å². The van der Waals surface area contributed by atoms with Crippen LogP contribution in [-0.2, 0) is 13.3 Å². The second kappa shape index (κ2) is 5.29. The third kappa shape index (κ3) is 4.96. The highest BCUT2D eigenvalue weighted by Crippen LogP contribution is 2.46. The molecule has 80 valence electrons. The zero-order valence-corrected chi connectivity index (χ0v) is 9.75. The number of hydrogen-bond acceptors (Lipinski definition) is 4. The van der Waals surface area contributed by atoms with Crippen LogP contribution in [0.25, 0.3) is 0 Å². The first-order valence-corrected chi connectivity index (χ1v) is 5.71. The Labute approximate surface area is 83.3 Å². The first kappa shape index (κ1) is 13.4. The van der Waals surface area contributed by atoms with Crippen molar-refractivity contribution < 1.29 is 18.2 Å². The first-order chi connectivity index (χ1) is 5.80. The molecule has 0 aromatic carbocycles. The molecule has 0 fully saturated rings. The maximum Gasteiger partial charge on any atom is 0.505 e. The summed E-state index contributed by atoms with van der Waals surface area (Å²) in [5, 5.41) is 1.35. The SMILES string of the molecule is CC(C)N(OP(=O)(O)OCl)C(C)C.